The second kappa shape index (κ2) is 11.8. The highest BCUT2D eigenvalue weighted by Gasteiger charge is 2.08. The van der Waals surface area contributed by atoms with Gasteiger partial charge in [-0.05, 0) is 36.2 Å². The fourth-order valence-corrected chi connectivity index (χ4v) is 2.64. The predicted octanol–water partition coefficient (Wildman–Crippen LogP) is 3.64. The number of ether oxygens (including phenoxy) is 2. The molecule has 0 saturated heterocycles. The quantitative estimate of drug-likeness (QED) is 0.566. The molecule has 0 fully saturated rings. The van der Waals surface area contributed by atoms with Crippen molar-refractivity contribution in [2.75, 3.05) is 20.3 Å². The first-order valence-electron chi connectivity index (χ1n) is 9.32. The Labute approximate surface area is 180 Å². The van der Waals surface area contributed by atoms with Crippen molar-refractivity contribution >= 4 is 23.4 Å². The Morgan fingerprint density at radius 1 is 1.10 bits per heavy atom. The van der Waals surface area contributed by atoms with Gasteiger partial charge in [0.15, 0.2) is 6.61 Å². The summed E-state index contributed by atoms with van der Waals surface area (Å²) in [5, 5.41) is 5.35. The Morgan fingerprint density at radius 3 is 2.63 bits per heavy atom. The fourth-order valence-electron chi connectivity index (χ4n) is 2.53. The van der Waals surface area contributed by atoms with E-state index in [1.54, 1.807) is 7.11 Å². The highest BCUT2D eigenvalue weighted by atomic mass is 35.5. The number of benzene rings is 2. The lowest BCUT2D eigenvalue weighted by molar-refractivity contribution is -0.123. The molecule has 0 heterocycles. The van der Waals surface area contributed by atoms with E-state index in [0.717, 1.165) is 17.4 Å². The molecule has 0 radical (unpaired) electrons. The summed E-state index contributed by atoms with van der Waals surface area (Å²) < 4.78 is 23.7. The van der Waals surface area contributed by atoms with Crippen LogP contribution in [0.25, 0.3) is 0 Å². The molecular formula is C22H24ClFN2O4. The van der Waals surface area contributed by atoms with Crippen LogP contribution in [0, 0.1) is 5.82 Å². The monoisotopic (exact) mass is 434 g/mol. The number of nitrogens with one attached hydrogen (secondary N) is 2. The van der Waals surface area contributed by atoms with Crippen LogP contribution >= 0.6 is 11.6 Å². The number of halogens is 2. The second-order valence-electron chi connectivity index (χ2n) is 6.47. The van der Waals surface area contributed by atoms with Gasteiger partial charge >= 0.3 is 0 Å². The van der Waals surface area contributed by atoms with Crippen LogP contribution in [0.2, 0.25) is 5.02 Å². The molecule has 30 heavy (non-hydrogen) atoms. The molecule has 2 amide bonds. The maximum Gasteiger partial charge on any atom is 0.257 e. The van der Waals surface area contributed by atoms with Gasteiger partial charge in [0.2, 0.25) is 5.91 Å². The van der Waals surface area contributed by atoms with Gasteiger partial charge in [-0.15, -0.1) is 0 Å². The number of hydrogen-bond acceptors (Lipinski definition) is 4. The van der Waals surface area contributed by atoms with Crippen molar-refractivity contribution in [1.29, 1.82) is 0 Å². The average Bonchev–Trinajstić information content (AvgIpc) is 2.73. The lowest BCUT2D eigenvalue weighted by atomic mass is 10.1. The normalized spacial score (nSPS) is 10.2. The average molecular weight is 435 g/mol. The molecule has 0 bridgehead atoms. The third kappa shape index (κ3) is 8.13. The number of rotatable bonds is 11. The molecule has 0 aliphatic heterocycles. The van der Waals surface area contributed by atoms with Crippen LogP contribution in [0.3, 0.4) is 0 Å². The van der Waals surface area contributed by atoms with Crippen LogP contribution in [0.4, 0.5) is 4.39 Å². The molecule has 0 unspecified atom stereocenters. The minimum Gasteiger partial charge on any atom is -0.497 e. The topological polar surface area (TPSA) is 76.7 Å². The Hall–Kier alpha value is -3.06. The first-order valence-corrected chi connectivity index (χ1v) is 9.70. The van der Waals surface area contributed by atoms with E-state index in [9.17, 15) is 14.0 Å². The third-order valence-corrected chi connectivity index (χ3v) is 4.41. The summed E-state index contributed by atoms with van der Waals surface area (Å²) in [4.78, 5) is 23.8. The van der Waals surface area contributed by atoms with Crippen molar-refractivity contribution < 1.29 is 23.5 Å². The maximum atomic E-state index is 13.3. The molecule has 0 atom stereocenters. The Kier molecular flexibility index (Phi) is 9.15. The molecule has 0 aromatic heterocycles. The summed E-state index contributed by atoms with van der Waals surface area (Å²) in [6, 6.07) is 11.5. The van der Waals surface area contributed by atoms with E-state index < -0.39 is 5.82 Å². The summed E-state index contributed by atoms with van der Waals surface area (Å²) in [6.45, 7) is 3.82. The summed E-state index contributed by atoms with van der Waals surface area (Å²) in [6.07, 6.45) is 1.27. The van der Waals surface area contributed by atoms with Gasteiger partial charge in [0.25, 0.3) is 5.91 Å². The molecule has 0 saturated carbocycles. The molecular weight excluding hydrogens is 411 g/mol. The number of aryl methyl sites for hydroxylation is 1. The molecule has 2 N–H and O–H groups in total. The van der Waals surface area contributed by atoms with E-state index in [0.29, 0.717) is 25.0 Å². The van der Waals surface area contributed by atoms with Crippen molar-refractivity contribution in [3.05, 3.63) is 71.1 Å². The van der Waals surface area contributed by atoms with Gasteiger partial charge in [0.05, 0.1) is 12.1 Å². The molecule has 0 aliphatic carbocycles. The van der Waals surface area contributed by atoms with Crippen LogP contribution in [0.5, 0.6) is 11.5 Å². The first kappa shape index (κ1) is 23.2. The summed E-state index contributed by atoms with van der Waals surface area (Å²) >= 11 is 5.59. The first-order chi connectivity index (χ1) is 14.4. The Morgan fingerprint density at radius 2 is 1.90 bits per heavy atom. The number of carbonyl (C=O) groups excluding carboxylic acids is 2. The van der Waals surface area contributed by atoms with Crippen molar-refractivity contribution in [2.45, 2.75) is 19.3 Å². The molecule has 2 aromatic carbocycles. The lowest BCUT2D eigenvalue weighted by Crippen LogP contribution is -2.31. The number of methoxy groups -OCH3 is 1. The van der Waals surface area contributed by atoms with Crippen molar-refractivity contribution in [2.24, 2.45) is 0 Å². The standard InChI is InChI=1S/C22H24ClFN2O4/c1-15(26-21(27)9-6-16-4-3-5-17(12-16)29-2)10-11-25-22(28)14-30-18-7-8-19(23)20(24)13-18/h3-5,7-8,12-13H,1,6,9-11,14H2,2H3,(H,25,28)(H,26,27). The lowest BCUT2D eigenvalue weighted by Gasteiger charge is -2.10. The van der Waals surface area contributed by atoms with Crippen LogP contribution in [0.15, 0.2) is 54.7 Å². The Balaban J connectivity index is 1.62. The summed E-state index contributed by atoms with van der Waals surface area (Å²) in [7, 11) is 1.60. The van der Waals surface area contributed by atoms with Crippen LogP contribution in [0.1, 0.15) is 18.4 Å². The molecule has 160 valence electrons. The van der Waals surface area contributed by atoms with E-state index in [1.165, 1.54) is 12.1 Å². The van der Waals surface area contributed by atoms with Gasteiger partial charge in [-0.3, -0.25) is 9.59 Å². The summed E-state index contributed by atoms with van der Waals surface area (Å²) in [5.74, 6) is -0.184. The predicted molar refractivity (Wildman–Crippen MR) is 113 cm³/mol. The van der Waals surface area contributed by atoms with Gasteiger partial charge in [0.1, 0.15) is 17.3 Å². The van der Waals surface area contributed by atoms with E-state index in [2.05, 4.69) is 17.2 Å². The van der Waals surface area contributed by atoms with Crippen molar-refractivity contribution in [3.8, 4) is 11.5 Å². The largest absolute Gasteiger partial charge is 0.497 e. The van der Waals surface area contributed by atoms with Gasteiger partial charge in [-0.25, -0.2) is 4.39 Å². The maximum absolute atomic E-state index is 13.3. The number of carbonyl (C=O) groups is 2. The zero-order valence-electron chi connectivity index (χ0n) is 16.7. The second-order valence-corrected chi connectivity index (χ2v) is 6.88. The molecule has 6 nitrogen and oxygen atoms in total. The minimum atomic E-state index is -0.618. The van der Waals surface area contributed by atoms with Crippen molar-refractivity contribution in [3.63, 3.8) is 0 Å². The highest BCUT2D eigenvalue weighted by Crippen LogP contribution is 2.20. The number of amides is 2. The zero-order valence-corrected chi connectivity index (χ0v) is 17.4. The summed E-state index contributed by atoms with van der Waals surface area (Å²) in [5.41, 5.74) is 1.51. The van der Waals surface area contributed by atoms with E-state index in [-0.39, 0.29) is 35.7 Å². The smallest absolute Gasteiger partial charge is 0.257 e. The van der Waals surface area contributed by atoms with E-state index in [1.807, 2.05) is 24.3 Å². The Bertz CT molecular complexity index is 904. The molecule has 0 spiro atoms. The van der Waals surface area contributed by atoms with E-state index >= 15 is 0 Å². The fraction of sp³-hybridized carbons (Fsp3) is 0.273. The SMILES string of the molecule is C=C(CCNC(=O)COc1ccc(Cl)c(F)c1)NC(=O)CCc1cccc(OC)c1. The van der Waals surface area contributed by atoms with Crippen LogP contribution in [-0.2, 0) is 16.0 Å². The molecule has 2 aromatic rings. The van der Waals surface area contributed by atoms with Gasteiger partial charge in [-0.2, -0.15) is 0 Å². The van der Waals surface area contributed by atoms with Crippen LogP contribution in [-0.4, -0.2) is 32.1 Å². The van der Waals surface area contributed by atoms with Crippen molar-refractivity contribution in [1.82, 2.24) is 10.6 Å². The van der Waals surface area contributed by atoms with Crippen LogP contribution < -0.4 is 20.1 Å². The third-order valence-electron chi connectivity index (χ3n) is 4.10. The molecule has 8 heteroatoms. The van der Waals surface area contributed by atoms with Gasteiger partial charge in [-0.1, -0.05) is 30.3 Å². The molecule has 2 rings (SSSR count). The van der Waals surface area contributed by atoms with E-state index in [4.69, 9.17) is 21.1 Å². The van der Waals surface area contributed by atoms with Gasteiger partial charge in [0, 0.05) is 31.1 Å². The highest BCUT2D eigenvalue weighted by molar-refractivity contribution is 6.30. The van der Waals surface area contributed by atoms with Gasteiger partial charge < -0.3 is 20.1 Å². The number of hydrogen-bond donors (Lipinski definition) is 2. The zero-order chi connectivity index (χ0) is 21.9. The molecule has 0 aliphatic rings. The minimum absolute atomic E-state index is 0.0177.